The predicted molar refractivity (Wildman–Crippen MR) is 106 cm³/mol. The summed E-state index contributed by atoms with van der Waals surface area (Å²) in [4.78, 5) is 12.6. The van der Waals surface area contributed by atoms with Crippen molar-refractivity contribution in [3.63, 3.8) is 0 Å². The number of benzene rings is 2. The van der Waals surface area contributed by atoms with E-state index in [0.717, 1.165) is 38.0 Å². The zero-order chi connectivity index (χ0) is 18.9. The Kier molecular flexibility index (Phi) is 7.11. The molecule has 0 saturated carbocycles. The molecule has 1 heterocycles. The van der Waals surface area contributed by atoms with E-state index in [4.69, 9.17) is 14.2 Å². The number of amides is 1. The van der Waals surface area contributed by atoms with Crippen molar-refractivity contribution < 1.29 is 19.0 Å². The molecule has 1 atom stereocenters. The molecule has 1 saturated heterocycles. The minimum absolute atomic E-state index is 0.133. The lowest BCUT2D eigenvalue weighted by Gasteiger charge is -2.15. The number of rotatable bonds is 9. The Hall–Kier alpha value is -2.53. The molecule has 144 valence electrons. The summed E-state index contributed by atoms with van der Waals surface area (Å²) in [5.74, 6) is 1.25. The SMILES string of the molecule is CCCCOc1ccc(C(=O)Nc2ccccc2OC[C@H]2CCCO2)cc1. The molecule has 1 amide bonds. The van der Waals surface area contributed by atoms with Crippen LogP contribution in [-0.2, 0) is 4.74 Å². The van der Waals surface area contributed by atoms with Crippen molar-refractivity contribution in [2.75, 3.05) is 25.1 Å². The second-order valence-electron chi connectivity index (χ2n) is 6.62. The van der Waals surface area contributed by atoms with Crippen molar-refractivity contribution in [3.05, 3.63) is 54.1 Å². The molecule has 5 heteroatoms. The Bertz CT molecular complexity index is 723. The largest absolute Gasteiger partial charge is 0.494 e. The topological polar surface area (TPSA) is 56.8 Å². The van der Waals surface area contributed by atoms with Crippen LogP contribution in [0.2, 0.25) is 0 Å². The summed E-state index contributed by atoms with van der Waals surface area (Å²) in [6.45, 7) is 4.11. The fourth-order valence-corrected chi connectivity index (χ4v) is 2.89. The minimum atomic E-state index is -0.178. The van der Waals surface area contributed by atoms with E-state index in [1.165, 1.54) is 0 Å². The lowest BCUT2D eigenvalue weighted by atomic mass is 10.2. The third kappa shape index (κ3) is 5.73. The molecular formula is C22H27NO4. The zero-order valence-corrected chi connectivity index (χ0v) is 15.8. The van der Waals surface area contributed by atoms with Gasteiger partial charge < -0.3 is 19.5 Å². The summed E-state index contributed by atoms with van der Waals surface area (Å²) < 4.78 is 17.1. The quantitative estimate of drug-likeness (QED) is 0.652. The Labute approximate surface area is 160 Å². The number of carbonyl (C=O) groups is 1. The van der Waals surface area contributed by atoms with E-state index >= 15 is 0 Å². The second-order valence-corrected chi connectivity index (χ2v) is 6.62. The van der Waals surface area contributed by atoms with Crippen molar-refractivity contribution in [2.45, 2.75) is 38.7 Å². The van der Waals surface area contributed by atoms with Crippen LogP contribution >= 0.6 is 0 Å². The van der Waals surface area contributed by atoms with Gasteiger partial charge in [0.15, 0.2) is 0 Å². The van der Waals surface area contributed by atoms with Gasteiger partial charge in [0, 0.05) is 12.2 Å². The molecule has 0 aliphatic carbocycles. The molecule has 1 fully saturated rings. The van der Waals surface area contributed by atoms with E-state index < -0.39 is 0 Å². The smallest absolute Gasteiger partial charge is 0.255 e. The van der Waals surface area contributed by atoms with Crippen molar-refractivity contribution >= 4 is 11.6 Å². The van der Waals surface area contributed by atoms with E-state index in [2.05, 4.69) is 12.2 Å². The number of anilines is 1. The van der Waals surface area contributed by atoms with Crippen molar-refractivity contribution in [2.24, 2.45) is 0 Å². The van der Waals surface area contributed by atoms with Crippen LogP contribution in [0.3, 0.4) is 0 Å². The van der Waals surface area contributed by atoms with E-state index in [0.29, 0.717) is 30.2 Å². The molecule has 0 spiro atoms. The normalized spacial score (nSPS) is 16.1. The molecule has 0 unspecified atom stereocenters. The van der Waals surface area contributed by atoms with Gasteiger partial charge in [0.2, 0.25) is 0 Å². The molecule has 1 aliphatic heterocycles. The molecule has 2 aromatic carbocycles. The highest BCUT2D eigenvalue weighted by atomic mass is 16.5. The fraction of sp³-hybridized carbons (Fsp3) is 0.409. The van der Waals surface area contributed by atoms with Gasteiger partial charge in [0.05, 0.1) is 18.4 Å². The van der Waals surface area contributed by atoms with Gasteiger partial charge in [-0.3, -0.25) is 4.79 Å². The van der Waals surface area contributed by atoms with Crippen LogP contribution in [0.5, 0.6) is 11.5 Å². The molecule has 0 bridgehead atoms. The molecule has 0 aromatic heterocycles. The number of nitrogens with one attached hydrogen (secondary N) is 1. The summed E-state index contributed by atoms with van der Waals surface area (Å²) >= 11 is 0. The van der Waals surface area contributed by atoms with E-state index in [1.807, 2.05) is 36.4 Å². The van der Waals surface area contributed by atoms with Crippen LogP contribution in [0, 0.1) is 0 Å². The molecule has 3 rings (SSSR count). The molecule has 2 aromatic rings. The van der Waals surface area contributed by atoms with Gasteiger partial charge in [0.1, 0.15) is 18.1 Å². The summed E-state index contributed by atoms with van der Waals surface area (Å²) in [6, 6.07) is 14.6. The molecule has 27 heavy (non-hydrogen) atoms. The van der Waals surface area contributed by atoms with Gasteiger partial charge in [-0.1, -0.05) is 25.5 Å². The summed E-state index contributed by atoms with van der Waals surface area (Å²) in [5.41, 5.74) is 1.23. The summed E-state index contributed by atoms with van der Waals surface area (Å²) in [6.07, 6.45) is 4.33. The molecular weight excluding hydrogens is 342 g/mol. The Balaban J connectivity index is 1.58. The van der Waals surface area contributed by atoms with Gasteiger partial charge in [0.25, 0.3) is 5.91 Å². The standard InChI is InChI=1S/C22H27NO4/c1-2-3-14-25-18-12-10-17(11-13-18)22(24)23-20-8-4-5-9-21(20)27-16-19-7-6-15-26-19/h4-5,8-13,19H,2-3,6-7,14-16H2,1H3,(H,23,24)/t19-/m1/s1. The van der Waals surface area contributed by atoms with Gasteiger partial charge in [-0.05, 0) is 55.7 Å². The van der Waals surface area contributed by atoms with Crippen molar-refractivity contribution in [1.82, 2.24) is 0 Å². The van der Waals surface area contributed by atoms with Gasteiger partial charge in [-0.2, -0.15) is 0 Å². The van der Waals surface area contributed by atoms with Gasteiger partial charge >= 0.3 is 0 Å². The Morgan fingerprint density at radius 2 is 1.96 bits per heavy atom. The first-order chi connectivity index (χ1) is 13.3. The van der Waals surface area contributed by atoms with Crippen LogP contribution < -0.4 is 14.8 Å². The maximum Gasteiger partial charge on any atom is 0.255 e. The van der Waals surface area contributed by atoms with Crippen molar-refractivity contribution in [1.29, 1.82) is 0 Å². The first-order valence-electron chi connectivity index (χ1n) is 9.64. The first-order valence-corrected chi connectivity index (χ1v) is 9.64. The lowest BCUT2D eigenvalue weighted by Crippen LogP contribution is -2.18. The van der Waals surface area contributed by atoms with E-state index in [-0.39, 0.29) is 12.0 Å². The average molecular weight is 369 g/mol. The van der Waals surface area contributed by atoms with Gasteiger partial charge in [-0.25, -0.2) is 0 Å². The van der Waals surface area contributed by atoms with Crippen molar-refractivity contribution in [3.8, 4) is 11.5 Å². The van der Waals surface area contributed by atoms with Crippen LogP contribution in [0.4, 0.5) is 5.69 Å². The number of unbranched alkanes of at least 4 members (excludes halogenated alkanes) is 1. The Morgan fingerprint density at radius 3 is 2.70 bits per heavy atom. The number of carbonyl (C=O) groups excluding carboxylic acids is 1. The number of hydrogen-bond acceptors (Lipinski definition) is 4. The van der Waals surface area contributed by atoms with Gasteiger partial charge in [-0.15, -0.1) is 0 Å². The molecule has 0 radical (unpaired) electrons. The average Bonchev–Trinajstić information content (AvgIpc) is 3.22. The summed E-state index contributed by atoms with van der Waals surface area (Å²) in [7, 11) is 0. The fourth-order valence-electron chi connectivity index (χ4n) is 2.89. The van der Waals surface area contributed by atoms with Crippen LogP contribution in [0.15, 0.2) is 48.5 Å². The third-order valence-corrected chi connectivity index (χ3v) is 4.47. The van der Waals surface area contributed by atoms with E-state index in [9.17, 15) is 4.79 Å². The molecule has 1 aliphatic rings. The van der Waals surface area contributed by atoms with Crippen LogP contribution in [-0.4, -0.2) is 31.8 Å². The highest BCUT2D eigenvalue weighted by Crippen LogP contribution is 2.26. The number of ether oxygens (including phenoxy) is 3. The summed E-state index contributed by atoms with van der Waals surface area (Å²) in [5, 5.41) is 2.93. The Morgan fingerprint density at radius 1 is 1.15 bits per heavy atom. The molecule has 1 N–H and O–H groups in total. The van der Waals surface area contributed by atoms with E-state index in [1.54, 1.807) is 12.1 Å². The van der Waals surface area contributed by atoms with Crippen LogP contribution in [0.1, 0.15) is 43.0 Å². The van der Waals surface area contributed by atoms with Crippen LogP contribution in [0.25, 0.3) is 0 Å². The first kappa shape index (κ1) is 19.2. The maximum absolute atomic E-state index is 12.6. The lowest BCUT2D eigenvalue weighted by molar-refractivity contribution is 0.0682. The highest BCUT2D eigenvalue weighted by molar-refractivity contribution is 6.05. The minimum Gasteiger partial charge on any atom is -0.494 e. The monoisotopic (exact) mass is 369 g/mol. The second kappa shape index (κ2) is 9.97. The zero-order valence-electron chi connectivity index (χ0n) is 15.8. The predicted octanol–water partition coefficient (Wildman–Crippen LogP) is 4.68. The maximum atomic E-state index is 12.6. The highest BCUT2D eigenvalue weighted by Gasteiger charge is 2.17. The number of para-hydroxylation sites is 2. The number of hydrogen-bond donors (Lipinski definition) is 1. The molecule has 5 nitrogen and oxygen atoms in total. The third-order valence-electron chi connectivity index (χ3n) is 4.47.